The van der Waals surface area contributed by atoms with Gasteiger partial charge in [-0.3, -0.25) is 4.99 Å². The van der Waals surface area contributed by atoms with Gasteiger partial charge in [0.2, 0.25) is 0 Å². The molecule has 0 rings (SSSR count). The van der Waals surface area contributed by atoms with Crippen LogP contribution in [0.25, 0.3) is 0 Å². The van der Waals surface area contributed by atoms with E-state index in [1.54, 1.807) is 13.8 Å². The SMILES string of the molecule is C/C=C(/CC(F)(F)F)C(CC)=NC.CC.CCCC. The fourth-order valence-corrected chi connectivity index (χ4v) is 1.12. The zero-order valence-electron chi connectivity index (χ0n) is 13.5. The minimum Gasteiger partial charge on any atom is -0.293 e. The van der Waals surface area contributed by atoms with E-state index < -0.39 is 12.6 Å². The Morgan fingerprint density at radius 3 is 1.63 bits per heavy atom. The predicted molar refractivity (Wildman–Crippen MR) is 80.0 cm³/mol. The first kappa shape index (κ1) is 23.3. The van der Waals surface area contributed by atoms with Gasteiger partial charge in [-0.05, 0) is 18.9 Å². The van der Waals surface area contributed by atoms with Crippen molar-refractivity contribution in [2.75, 3.05) is 7.05 Å². The van der Waals surface area contributed by atoms with Gasteiger partial charge in [-0.15, -0.1) is 0 Å². The normalized spacial score (nSPS) is 12.1. The van der Waals surface area contributed by atoms with Crippen molar-refractivity contribution in [1.29, 1.82) is 0 Å². The van der Waals surface area contributed by atoms with Crippen LogP contribution in [0.4, 0.5) is 13.2 Å². The Bertz CT molecular complexity index is 238. The summed E-state index contributed by atoms with van der Waals surface area (Å²) in [6.07, 6.45) is -0.386. The minimum atomic E-state index is -4.15. The van der Waals surface area contributed by atoms with Crippen molar-refractivity contribution < 1.29 is 13.2 Å². The summed E-state index contributed by atoms with van der Waals surface area (Å²) >= 11 is 0. The largest absolute Gasteiger partial charge is 0.393 e. The molecule has 4 heteroatoms. The Morgan fingerprint density at radius 2 is 1.47 bits per heavy atom. The number of rotatable bonds is 4. The van der Waals surface area contributed by atoms with Crippen LogP contribution in [-0.4, -0.2) is 18.9 Å². The van der Waals surface area contributed by atoms with Gasteiger partial charge in [0.25, 0.3) is 0 Å². The second-order valence-electron chi connectivity index (χ2n) is 3.63. The van der Waals surface area contributed by atoms with E-state index in [0.717, 1.165) is 0 Å². The average molecular weight is 281 g/mol. The van der Waals surface area contributed by atoms with Crippen LogP contribution in [0.15, 0.2) is 16.6 Å². The van der Waals surface area contributed by atoms with E-state index in [2.05, 4.69) is 18.8 Å². The molecular weight excluding hydrogens is 251 g/mol. The van der Waals surface area contributed by atoms with Crippen LogP contribution >= 0.6 is 0 Å². The van der Waals surface area contributed by atoms with Crippen molar-refractivity contribution in [2.45, 2.75) is 73.4 Å². The van der Waals surface area contributed by atoms with Crippen LogP contribution in [0.1, 0.15) is 67.2 Å². The maximum atomic E-state index is 12.0. The first-order valence-electron chi connectivity index (χ1n) is 7.04. The fraction of sp³-hybridized carbons (Fsp3) is 0.800. The molecule has 116 valence electrons. The summed E-state index contributed by atoms with van der Waals surface area (Å²) < 4.78 is 36.1. The lowest BCUT2D eigenvalue weighted by molar-refractivity contribution is -0.126. The second-order valence-corrected chi connectivity index (χ2v) is 3.63. The van der Waals surface area contributed by atoms with Gasteiger partial charge in [0.15, 0.2) is 0 Å². The van der Waals surface area contributed by atoms with Crippen LogP contribution in [0.2, 0.25) is 0 Å². The minimum absolute atomic E-state index is 0.275. The fourth-order valence-electron chi connectivity index (χ4n) is 1.12. The van der Waals surface area contributed by atoms with Gasteiger partial charge in [0.05, 0.1) is 6.42 Å². The zero-order chi connectivity index (χ0) is 15.9. The highest BCUT2D eigenvalue weighted by molar-refractivity contribution is 5.99. The summed E-state index contributed by atoms with van der Waals surface area (Å²) in [5.74, 6) is 0. The van der Waals surface area contributed by atoms with Crippen molar-refractivity contribution in [2.24, 2.45) is 4.99 Å². The molecule has 0 unspecified atom stereocenters. The molecule has 0 heterocycles. The molecule has 0 atom stereocenters. The van der Waals surface area contributed by atoms with Gasteiger partial charge < -0.3 is 0 Å². The van der Waals surface area contributed by atoms with Crippen LogP contribution in [-0.2, 0) is 0 Å². The molecule has 0 aromatic heterocycles. The smallest absolute Gasteiger partial charge is 0.293 e. The molecule has 0 aromatic rings. The number of hydrogen-bond donors (Lipinski definition) is 0. The molecule has 19 heavy (non-hydrogen) atoms. The molecule has 0 saturated heterocycles. The number of halogens is 3. The molecule has 0 fully saturated rings. The molecule has 0 aliphatic carbocycles. The van der Waals surface area contributed by atoms with E-state index in [1.165, 1.54) is 26.0 Å². The van der Waals surface area contributed by atoms with Crippen LogP contribution in [0.3, 0.4) is 0 Å². The van der Waals surface area contributed by atoms with Gasteiger partial charge in [0.1, 0.15) is 0 Å². The molecule has 0 N–H and O–H groups in total. The van der Waals surface area contributed by atoms with Crippen LogP contribution in [0.5, 0.6) is 0 Å². The first-order valence-corrected chi connectivity index (χ1v) is 7.04. The third-order valence-corrected chi connectivity index (χ3v) is 2.21. The van der Waals surface area contributed by atoms with Crippen molar-refractivity contribution in [3.05, 3.63) is 11.6 Å². The Morgan fingerprint density at radius 1 is 1.05 bits per heavy atom. The third kappa shape index (κ3) is 17.2. The number of nitrogens with zero attached hydrogens (tertiary/aromatic N) is 1. The Kier molecular flexibility index (Phi) is 18.7. The summed E-state index contributed by atoms with van der Waals surface area (Å²) in [4.78, 5) is 3.81. The summed E-state index contributed by atoms with van der Waals surface area (Å²) in [5.41, 5.74) is 0.803. The number of allylic oxidation sites excluding steroid dienone is 2. The molecule has 1 nitrogen and oxygen atoms in total. The van der Waals surface area contributed by atoms with Crippen molar-refractivity contribution in [1.82, 2.24) is 0 Å². The number of unbranched alkanes of at least 4 members (excludes halogenated alkanes) is 1. The number of hydrogen-bond acceptors (Lipinski definition) is 1. The molecule has 0 saturated carbocycles. The van der Waals surface area contributed by atoms with E-state index in [0.29, 0.717) is 12.1 Å². The highest BCUT2D eigenvalue weighted by atomic mass is 19.4. The van der Waals surface area contributed by atoms with E-state index in [4.69, 9.17) is 0 Å². The monoisotopic (exact) mass is 281 g/mol. The summed E-state index contributed by atoms with van der Waals surface area (Å²) in [5, 5.41) is 0. The molecule has 0 spiro atoms. The lowest BCUT2D eigenvalue weighted by Gasteiger charge is -2.11. The highest BCUT2D eigenvalue weighted by Crippen LogP contribution is 2.25. The molecule has 0 aliphatic heterocycles. The average Bonchev–Trinajstić information content (AvgIpc) is 2.40. The van der Waals surface area contributed by atoms with E-state index in [1.807, 2.05) is 13.8 Å². The van der Waals surface area contributed by atoms with Gasteiger partial charge in [0, 0.05) is 12.8 Å². The zero-order valence-corrected chi connectivity index (χ0v) is 13.5. The number of aliphatic imine (C=N–C) groups is 1. The van der Waals surface area contributed by atoms with E-state index in [-0.39, 0.29) is 5.57 Å². The standard InChI is InChI=1S/C9H14F3N.C4H10.C2H6/c1-4-7(6-9(10,11)12)8(5-2)13-3;1-3-4-2;1-2/h4H,5-6H2,1-3H3;3-4H2,1-2H3;1-2H3/b7-4-,13-8?;;. The summed E-state index contributed by atoms with van der Waals surface area (Å²) in [6, 6.07) is 0. The van der Waals surface area contributed by atoms with Crippen LogP contribution in [0, 0.1) is 0 Å². The topological polar surface area (TPSA) is 12.4 Å². The summed E-state index contributed by atoms with van der Waals surface area (Å²) in [7, 11) is 1.51. The van der Waals surface area contributed by atoms with Gasteiger partial charge >= 0.3 is 6.18 Å². The van der Waals surface area contributed by atoms with Gasteiger partial charge in [-0.25, -0.2) is 0 Å². The molecule has 0 amide bonds. The molecule has 0 bridgehead atoms. The Labute approximate surface area is 117 Å². The lowest BCUT2D eigenvalue weighted by Crippen LogP contribution is -2.13. The molecule has 0 radical (unpaired) electrons. The van der Waals surface area contributed by atoms with E-state index in [9.17, 15) is 13.2 Å². The maximum Gasteiger partial charge on any atom is 0.393 e. The Balaban J connectivity index is -0.000000361. The van der Waals surface area contributed by atoms with Gasteiger partial charge in [-0.1, -0.05) is 53.5 Å². The Hall–Kier alpha value is -0.800. The molecule has 0 aliphatic rings. The van der Waals surface area contributed by atoms with Crippen LogP contribution < -0.4 is 0 Å². The van der Waals surface area contributed by atoms with E-state index >= 15 is 0 Å². The first-order chi connectivity index (χ1) is 8.86. The number of alkyl halides is 3. The summed E-state index contributed by atoms with van der Waals surface area (Å²) in [6.45, 7) is 11.8. The van der Waals surface area contributed by atoms with Crippen molar-refractivity contribution >= 4 is 5.71 Å². The predicted octanol–water partition coefficient (Wildman–Crippen LogP) is 6.20. The maximum absolute atomic E-state index is 12.0. The lowest BCUT2D eigenvalue weighted by atomic mass is 10.0. The quantitative estimate of drug-likeness (QED) is 0.544. The van der Waals surface area contributed by atoms with Gasteiger partial charge in [-0.2, -0.15) is 13.2 Å². The highest BCUT2D eigenvalue weighted by Gasteiger charge is 2.29. The van der Waals surface area contributed by atoms with Crippen molar-refractivity contribution in [3.63, 3.8) is 0 Å². The second kappa shape index (κ2) is 15.3. The molecular formula is C15H30F3N. The van der Waals surface area contributed by atoms with Crippen molar-refractivity contribution in [3.8, 4) is 0 Å². The third-order valence-electron chi connectivity index (χ3n) is 2.21. The molecule has 0 aromatic carbocycles.